The number of hydrogen-bond acceptors (Lipinski definition) is 7. The number of aromatic nitrogens is 1. The van der Waals surface area contributed by atoms with Crippen LogP contribution in [0.1, 0.15) is 44.1 Å². The Morgan fingerprint density at radius 1 is 1.07 bits per heavy atom. The van der Waals surface area contributed by atoms with Crippen molar-refractivity contribution < 1.29 is 26.2 Å². The summed E-state index contributed by atoms with van der Waals surface area (Å²) in [5, 5.41) is 3.72. The van der Waals surface area contributed by atoms with E-state index in [0.29, 0.717) is 25.1 Å². The minimum Gasteiger partial charge on any atom is -0.360 e. The van der Waals surface area contributed by atoms with Crippen LogP contribution in [0.2, 0.25) is 0 Å². The van der Waals surface area contributed by atoms with Crippen LogP contribution >= 0.6 is 0 Å². The molecule has 0 spiro atoms. The average Bonchev–Trinajstić information content (AvgIpc) is 3.06. The normalized spacial score (nSPS) is 22.4. The Labute approximate surface area is 178 Å². The van der Waals surface area contributed by atoms with Gasteiger partial charge in [-0.3, -0.25) is 4.79 Å². The highest BCUT2D eigenvalue weighted by atomic mass is 32.2. The molecule has 170 valence electrons. The largest absolute Gasteiger partial charge is 0.360 e. The molecule has 1 unspecified atom stereocenters. The van der Waals surface area contributed by atoms with Crippen molar-refractivity contribution >= 4 is 26.0 Å². The minimum atomic E-state index is -3.76. The Bertz CT molecular complexity index is 961. The molecule has 1 atom stereocenters. The van der Waals surface area contributed by atoms with Crippen molar-refractivity contribution in [3.8, 4) is 0 Å². The fourth-order valence-electron chi connectivity index (χ4n) is 4.19. The molecule has 2 fully saturated rings. The van der Waals surface area contributed by atoms with Crippen molar-refractivity contribution in [3.63, 3.8) is 0 Å². The van der Waals surface area contributed by atoms with Crippen molar-refractivity contribution in [2.75, 3.05) is 38.5 Å². The molecule has 3 heterocycles. The van der Waals surface area contributed by atoms with Gasteiger partial charge in [-0.2, -0.15) is 8.61 Å². The number of amides is 1. The summed E-state index contributed by atoms with van der Waals surface area (Å²) >= 11 is 0. The summed E-state index contributed by atoms with van der Waals surface area (Å²) in [5.41, 5.74) is 0.310. The molecule has 2 saturated heterocycles. The molecule has 1 aromatic rings. The number of rotatable bonds is 6. The molecule has 0 N–H and O–H groups in total. The Morgan fingerprint density at radius 3 is 2.30 bits per heavy atom. The van der Waals surface area contributed by atoms with Gasteiger partial charge in [-0.1, -0.05) is 18.5 Å². The Morgan fingerprint density at radius 2 is 1.73 bits per heavy atom. The second-order valence-electron chi connectivity index (χ2n) is 7.82. The number of carbonyl (C=O) groups is 1. The van der Waals surface area contributed by atoms with Crippen LogP contribution in [-0.4, -0.2) is 85.9 Å². The van der Waals surface area contributed by atoms with Gasteiger partial charge in [0.15, 0.2) is 5.76 Å². The van der Waals surface area contributed by atoms with Gasteiger partial charge in [0.25, 0.3) is 0 Å². The van der Waals surface area contributed by atoms with Gasteiger partial charge in [0.1, 0.15) is 16.6 Å². The maximum atomic E-state index is 13.1. The van der Waals surface area contributed by atoms with E-state index < -0.39 is 26.1 Å². The third-order valence-corrected chi connectivity index (χ3v) is 9.89. The molecule has 3 rings (SSSR count). The summed E-state index contributed by atoms with van der Waals surface area (Å²) < 4.78 is 58.8. The molecular formula is C18H30N4O6S2. The van der Waals surface area contributed by atoms with Crippen LogP contribution < -0.4 is 0 Å². The number of piperidine rings is 1. The molecule has 30 heavy (non-hydrogen) atoms. The van der Waals surface area contributed by atoms with E-state index in [1.165, 1.54) is 8.61 Å². The zero-order chi connectivity index (χ0) is 22.1. The lowest BCUT2D eigenvalue weighted by molar-refractivity contribution is -0.137. The molecule has 0 aliphatic carbocycles. The zero-order valence-electron chi connectivity index (χ0n) is 17.7. The first kappa shape index (κ1) is 23.2. The highest BCUT2D eigenvalue weighted by molar-refractivity contribution is 7.89. The van der Waals surface area contributed by atoms with E-state index in [4.69, 9.17) is 4.52 Å². The van der Waals surface area contributed by atoms with Crippen LogP contribution in [0.3, 0.4) is 0 Å². The molecule has 12 heteroatoms. The van der Waals surface area contributed by atoms with E-state index in [1.807, 2.05) is 0 Å². The monoisotopic (exact) mass is 462 g/mol. The Balaban J connectivity index is 1.70. The first-order chi connectivity index (χ1) is 14.1. The molecule has 0 radical (unpaired) electrons. The Hall–Kier alpha value is -1.50. The lowest BCUT2D eigenvalue weighted by Crippen LogP contribution is -2.57. The standard InChI is InChI=1S/C18H30N4O6S2/c1-4-13-29(24,25)22-8-6-5-7-16(22)18(23)20-9-11-21(12-10-20)30(26,27)17-14(2)19-28-15(17)3/h16H,4-13H2,1-3H3. The summed E-state index contributed by atoms with van der Waals surface area (Å²) in [6.45, 7) is 6.03. The SMILES string of the molecule is CCCS(=O)(=O)N1CCCCC1C(=O)N1CCN(S(=O)(=O)c2c(C)noc2C)CC1. The van der Waals surface area contributed by atoms with Gasteiger partial charge in [-0.25, -0.2) is 16.8 Å². The van der Waals surface area contributed by atoms with Gasteiger partial charge in [0.05, 0.1) is 5.75 Å². The summed E-state index contributed by atoms with van der Waals surface area (Å²) in [7, 11) is -7.24. The molecule has 0 aromatic carbocycles. The van der Waals surface area contributed by atoms with Crippen molar-refractivity contribution in [1.82, 2.24) is 18.7 Å². The lowest BCUT2D eigenvalue weighted by Gasteiger charge is -2.39. The van der Waals surface area contributed by atoms with Gasteiger partial charge in [-0.15, -0.1) is 0 Å². The van der Waals surface area contributed by atoms with Crippen molar-refractivity contribution in [2.45, 2.75) is 57.4 Å². The van der Waals surface area contributed by atoms with Gasteiger partial charge >= 0.3 is 0 Å². The molecule has 1 aromatic heterocycles. The van der Waals surface area contributed by atoms with Gasteiger partial charge in [-0.05, 0) is 33.1 Å². The highest BCUT2D eigenvalue weighted by Gasteiger charge is 2.40. The predicted octanol–water partition coefficient (Wildman–Crippen LogP) is 0.719. The molecule has 0 saturated carbocycles. The number of nitrogens with zero attached hydrogens (tertiary/aromatic N) is 4. The summed E-state index contributed by atoms with van der Waals surface area (Å²) in [4.78, 5) is 14.8. The summed E-state index contributed by atoms with van der Waals surface area (Å²) in [6, 6.07) is -0.694. The summed E-state index contributed by atoms with van der Waals surface area (Å²) in [5.74, 6) is 0.0361. The molecular weight excluding hydrogens is 432 g/mol. The van der Waals surface area contributed by atoms with E-state index in [2.05, 4.69) is 5.16 Å². The second-order valence-corrected chi connectivity index (χ2v) is 11.7. The van der Waals surface area contributed by atoms with E-state index in [1.54, 1.807) is 25.7 Å². The quantitative estimate of drug-likeness (QED) is 0.610. The van der Waals surface area contributed by atoms with Crippen LogP contribution in [0.15, 0.2) is 9.42 Å². The second kappa shape index (κ2) is 8.93. The molecule has 1 amide bonds. The minimum absolute atomic E-state index is 0.0280. The third-order valence-electron chi connectivity index (χ3n) is 5.67. The van der Waals surface area contributed by atoms with Crippen molar-refractivity contribution in [3.05, 3.63) is 11.5 Å². The van der Waals surface area contributed by atoms with E-state index >= 15 is 0 Å². The lowest BCUT2D eigenvalue weighted by atomic mass is 10.0. The maximum Gasteiger partial charge on any atom is 0.248 e. The topological polar surface area (TPSA) is 121 Å². The van der Waals surface area contributed by atoms with Crippen LogP contribution in [0, 0.1) is 13.8 Å². The number of sulfonamides is 2. The fraction of sp³-hybridized carbons (Fsp3) is 0.778. The highest BCUT2D eigenvalue weighted by Crippen LogP contribution is 2.26. The molecule has 10 nitrogen and oxygen atoms in total. The average molecular weight is 463 g/mol. The third kappa shape index (κ3) is 4.41. The first-order valence-corrected chi connectivity index (χ1v) is 13.4. The molecule has 2 aliphatic rings. The predicted molar refractivity (Wildman–Crippen MR) is 110 cm³/mol. The molecule has 2 aliphatic heterocycles. The Kier molecular flexibility index (Phi) is 6.90. The smallest absolute Gasteiger partial charge is 0.248 e. The number of hydrogen-bond donors (Lipinski definition) is 0. The number of carbonyl (C=O) groups excluding carboxylic acids is 1. The zero-order valence-corrected chi connectivity index (χ0v) is 19.3. The van der Waals surface area contributed by atoms with Crippen molar-refractivity contribution in [2.24, 2.45) is 0 Å². The van der Waals surface area contributed by atoms with Crippen LogP contribution in [-0.2, 0) is 24.8 Å². The van der Waals surface area contributed by atoms with E-state index in [0.717, 1.165) is 12.8 Å². The van der Waals surface area contributed by atoms with E-state index in [9.17, 15) is 21.6 Å². The first-order valence-electron chi connectivity index (χ1n) is 10.3. The fourth-order valence-corrected chi connectivity index (χ4v) is 7.65. The van der Waals surface area contributed by atoms with Crippen LogP contribution in [0.4, 0.5) is 0 Å². The van der Waals surface area contributed by atoms with E-state index in [-0.39, 0.29) is 48.5 Å². The number of piperazine rings is 1. The maximum absolute atomic E-state index is 13.1. The van der Waals surface area contributed by atoms with Gasteiger partial charge < -0.3 is 9.42 Å². The van der Waals surface area contributed by atoms with Crippen molar-refractivity contribution in [1.29, 1.82) is 0 Å². The molecule has 0 bridgehead atoms. The van der Waals surface area contributed by atoms with Gasteiger partial charge in [0.2, 0.25) is 26.0 Å². The van der Waals surface area contributed by atoms with Gasteiger partial charge in [0, 0.05) is 32.7 Å². The van der Waals surface area contributed by atoms with Crippen LogP contribution in [0.25, 0.3) is 0 Å². The number of aryl methyl sites for hydroxylation is 2. The summed E-state index contributed by atoms with van der Waals surface area (Å²) in [6.07, 6.45) is 2.54. The van der Waals surface area contributed by atoms with Crippen LogP contribution in [0.5, 0.6) is 0 Å².